The molecule has 0 saturated carbocycles. The normalized spacial score (nSPS) is 23.5. The fourth-order valence-corrected chi connectivity index (χ4v) is 4.85. The van der Waals surface area contributed by atoms with E-state index < -0.39 is 0 Å². The van der Waals surface area contributed by atoms with Gasteiger partial charge in [0.1, 0.15) is 0 Å². The highest BCUT2D eigenvalue weighted by molar-refractivity contribution is 7.08. The summed E-state index contributed by atoms with van der Waals surface area (Å²) in [4.78, 5) is 17.3. The molecule has 5 rings (SSSR count). The molecule has 1 amide bonds. The minimum Gasteiger partial charge on any atom is -0.336 e. The van der Waals surface area contributed by atoms with Gasteiger partial charge in [0.05, 0.1) is 5.52 Å². The van der Waals surface area contributed by atoms with Crippen LogP contribution in [0.5, 0.6) is 0 Å². The number of nitrogens with one attached hydrogen (secondary N) is 1. The molecule has 0 aliphatic carbocycles. The molecular weight excluding hydrogens is 332 g/mol. The van der Waals surface area contributed by atoms with Gasteiger partial charge in [0, 0.05) is 31.1 Å². The van der Waals surface area contributed by atoms with Gasteiger partial charge in [-0.25, -0.2) is 0 Å². The van der Waals surface area contributed by atoms with E-state index in [0.717, 1.165) is 41.9 Å². The zero-order valence-corrected chi connectivity index (χ0v) is 14.9. The van der Waals surface area contributed by atoms with Crippen molar-refractivity contribution >= 4 is 28.1 Å². The zero-order chi connectivity index (χ0) is 17.0. The molecule has 25 heavy (non-hydrogen) atoms. The van der Waals surface area contributed by atoms with Crippen molar-refractivity contribution in [3.63, 3.8) is 0 Å². The lowest BCUT2D eigenvalue weighted by molar-refractivity contribution is -0.0202. The van der Waals surface area contributed by atoms with Gasteiger partial charge < -0.3 is 9.80 Å². The van der Waals surface area contributed by atoms with Crippen LogP contribution >= 0.6 is 11.3 Å². The highest BCUT2D eigenvalue weighted by Gasteiger charge is 2.41. The number of nitrogens with zero attached hydrogens (tertiary/aromatic N) is 3. The van der Waals surface area contributed by atoms with Crippen molar-refractivity contribution in [3.8, 4) is 11.1 Å². The lowest BCUT2D eigenvalue weighted by atomic mass is 9.83. The number of hydrogen-bond donors (Lipinski definition) is 1. The van der Waals surface area contributed by atoms with Crippen molar-refractivity contribution in [1.29, 1.82) is 0 Å². The second-order valence-corrected chi connectivity index (χ2v) is 7.93. The van der Waals surface area contributed by atoms with Crippen LogP contribution in [-0.2, 0) is 0 Å². The molecule has 1 unspecified atom stereocenters. The number of amides is 1. The molecule has 2 atom stereocenters. The van der Waals surface area contributed by atoms with Crippen molar-refractivity contribution in [2.45, 2.75) is 12.5 Å². The molecule has 2 aliphatic heterocycles. The number of aromatic nitrogens is 2. The summed E-state index contributed by atoms with van der Waals surface area (Å²) >= 11 is 1.68. The number of fused-ring (bicyclic) bond motifs is 2. The Morgan fingerprint density at radius 2 is 2.20 bits per heavy atom. The highest BCUT2D eigenvalue weighted by Crippen LogP contribution is 2.32. The van der Waals surface area contributed by atoms with Crippen molar-refractivity contribution in [3.05, 3.63) is 40.7 Å². The number of likely N-dealkylation sites (N-methyl/N-ethyl adjacent to an activating group) is 1. The molecule has 3 aromatic rings. The van der Waals surface area contributed by atoms with Crippen molar-refractivity contribution in [1.82, 2.24) is 20.0 Å². The smallest absolute Gasteiger partial charge is 0.275 e. The van der Waals surface area contributed by atoms with E-state index in [0.29, 0.717) is 11.7 Å². The Kier molecular flexibility index (Phi) is 3.43. The van der Waals surface area contributed by atoms with Crippen molar-refractivity contribution in [2.75, 3.05) is 26.7 Å². The molecule has 6 heteroatoms. The Morgan fingerprint density at radius 3 is 3.00 bits per heavy atom. The van der Waals surface area contributed by atoms with Gasteiger partial charge in [0.15, 0.2) is 5.69 Å². The van der Waals surface area contributed by atoms with Gasteiger partial charge in [0.25, 0.3) is 5.91 Å². The topological polar surface area (TPSA) is 52.2 Å². The molecule has 2 saturated heterocycles. The molecule has 1 N–H and O–H groups in total. The lowest BCUT2D eigenvalue weighted by Crippen LogP contribution is -2.63. The van der Waals surface area contributed by atoms with E-state index in [1.165, 1.54) is 12.1 Å². The van der Waals surface area contributed by atoms with Crippen LogP contribution in [0.4, 0.5) is 0 Å². The third-order valence-electron chi connectivity index (χ3n) is 5.72. The van der Waals surface area contributed by atoms with Crippen LogP contribution in [0, 0.1) is 5.92 Å². The minimum atomic E-state index is 0.0493. The van der Waals surface area contributed by atoms with Gasteiger partial charge in [-0.1, -0.05) is 6.07 Å². The molecule has 4 heterocycles. The van der Waals surface area contributed by atoms with E-state index >= 15 is 0 Å². The van der Waals surface area contributed by atoms with Crippen LogP contribution in [0.3, 0.4) is 0 Å². The molecule has 0 bridgehead atoms. The van der Waals surface area contributed by atoms with E-state index in [-0.39, 0.29) is 5.91 Å². The zero-order valence-electron chi connectivity index (χ0n) is 14.1. The molecule has 5 nitrogen and oxygen atoms in total. The average molecular weight is 352 g/mol. The maximum absolute atomic E-state index is 13.0. The molecule has 1 aromatic carbocycles. The summed E-state index contributed by atoms with van der Waals surface area (Å²) in [6.07, 6.45) is 1.10. The molecule has 2 aliphatic rings. The molecule has 128 valence electrons. The third kappa shape index (κ3) is 2.40. The monoisotopic (exact) mass is 352 g/mol. The summed E-state index contributed by atoms with van der Waals surface area (Å²) in [5.74, 6) is 0.812. The van der Waals surface area contributed by atoms with Crippen LogP contribution < -0.4 is 0 Å². The number of H-pyrrole nitrogens is 1. The van der Waals surface area contributed by atoms with Crippen LogP contribution in [0.1, 0.15) is 16.9 Å². The quantitative estimate of drug-likeness (QED) is 0.771. The van der Waals surface area contributed by atoms with Gasteiger partial charge in [-0.05, 0) is 59.5 Å². The van der Waals surface area contributed by atoms with E-state index in [1.807, 2.05) is 11.0 Å². The summed E-state index contributed by atoms with van der Waals surface area (Å²) in [7, 11) is 2.14. The maximum Gasteiger partial charge on any atom is 0.275 e. The minimum absolute atomic E-state index is 0.0493. The first kappa shape index (κ1) is 15.1. The summed E-state index contributed by atoms with van der Waals surface area (Å²) in [6, 6.07) is 8.79. The maximum atomic E-state index is 13.0. The average Bonchev–Trinajstić information content (AvgIpc) is 3.29. The highest BCUT2D eigenvalue weighted by atomic mass is 32.1. The second kappa shape index (κ2) is 5.68. The van der Waals surface area contributed by atoms with Crippen molar-refractivity contribution in [2.24, 2.45) is 5.92 Å². The molecular formula is C19H20N4OS. The van der Waals surface area contributed by atoms with Gasteiger partial charge >= 0.3 is 0 Å². The standard InChI is InChI=1S/C19H20N4OS/c1-22-9-13-4-6-23(10-17(13)22)19(24)18-15-3-2-12(8-16(15)20-21-18)14-5-7-25-11-14/h2-3,5,7-8,11,13,17H,4,6,9-10H2,1H3,(H,20,21)/t13?,17-/m1/s1. The number of rotatable bonds is 2. The fraction of sp³-hybridized carbons (Fsp3) is 0.368. The van der Waals surface area contributed by atoms with Gasteiger partial charge in [-0.2, -0.15) is 16.4 Å². The number of aromatic amines is 1. The lowest BCUT2D eigenvalue weighted by Gasteiger charge is -2.51. The number of thiophene rings is 1. The number of carbonyl (C=O) groups excluding carboxylic acids is 1. The summed E-state index contributed by atoms with van der Waals surface area (Å²) in [5.41, 5.74) is 3.81. The van der Waals surface area contributed by atoms with Gasteiger partial charge in [-0.3, -0.25) is 9.89 Å². The van der Waals surface area contributed by atoms with Crippen LogP contribution in [-0.4, -0.2) is 58.6 Å². The third-order valence-corrected chi connectivity index (χ3v) is 6.40. The molecule has 2 fully saturated rings. The first-order chi connectivity index (χ1) is 12.2. The van der Waals surface area contributed by atoms with Crippen LogP contribution in [0.2, 0.25) is 0 Å². The van der Waals surface area contributed by atoms with E-state index in [4.69, 9.17) is 0 Å². The molecule has 0 radical (unpaired) electrons. The number of likely N-dealkylation sites (tertiary alicyclic amines) is 2. The van der Waals surface area contributed by atoms with E-state index in [2.05, 4.69) is 51.1 Å². The number of benzene rings is 1. The van der Waals surface area contributed by atoms with Gasteiger partial charge in [0.2, 0.25) is 0 Å². The summed E-state index contributed by atoms with van der Waals surface area (Å²) in [5, 5.41) is 12.5. The Hall–Kier alpha value is -2.18. The molecule has 2 aromatic heterocycles. The van der Waals surface area contributed by atoms with Crippen molar-refractivity contribution < 1.29 is 4.79 Å². The number of hydrogen-bond acceptors (Lipinski definition) is 4. The largest absolute Gasteiger partial charge is 0.336 e. The predicted molar refractivity (Wildman–Crippen MR) is 99.8 cm³/mol. The number of carbonyl (C=O) groups is 1. The SMILES string of the molecule is CN1CC2CCN(C(=O)c3n[nH]c4cc(-c5ccsc5)ccc34)C[C@H]21. The Morgan fingerprint density at radius 1 is 1.28 bits per heavy atom. The summed E-state index contributed by atoms with van der Waals surface area (Å²) in [6.45, 7) is 2.83. The van der Waals surface area contributed by atoms with Gasteiger partial charge in [-0.15, -0.1) is 0 Å². The van der Waals surface area contributed by atoms with Crippen LogP contribution in [0.15, 0.2) is 35.0 Å². The Balaban J connectivity index is 1.43. The van der Waals surface area contributed by atoms with E-state index in [9.17, 15) is 4.79 Å². The molecule has 0 spiro atoms. The number of piperidine rings is 1. The predicted octanol–water partition coefficient (Wildman–Crippen LogP) is 3.07. The van der Waals surface area contributed by atoms with E-state index in [1.54, 1.807) is 11.3 Å². The Bertz CT molecular complexity index is 932. The second-order valence-electron chi connectivity index (χ2n) is 7.15. The Labute approximate surface area is 150 Å². The first-order valence-corrected chi connectivity index (χ1v) is 9.65. The van der Waals surface area contributed by atoms with Crippen LogP contribution in [0.25, 0.3) is 22.0 Å². The first-order valence-electron chi connectivity index (χ1n) is 8.71. The fourth-order valence-electron chi connectivity index (χ4n) is 4.18. The summed E-state index contributed by atoms with van der Waals surface area (Å²) < 4.78 is 0.